The summed E-state index contributed by atoms with van der Waals surface area (Å²) in [6.07, 6.45) is 1.39. The van der Waals surface area contributed by atoms with Gasteiger partial charge in [-0.2, -0.15) is 5.10 Å². The van der Waals surface area contributed by atoms with Crippen LogP contribution in [0.2, 0.25) is 0 Å². The van der Waals surface area contributed by atoms with Crippen LogP contribution in [0.4, 0.5) is 14.5 Å². The Hall–Kier alpha value is -2.24. The minimum atomic E-state index is -1.09. The summed E-state index contributed by atoms with van der Waals surface area (Å²) < 4.78 is 26.0. The summed E-state index contributed by atoms with van der Waals surface area (Å²) in [6.45, 7) is 0. The van der Waals surface area contributed by atoms with Crippen molar-refractivity contribution in [1.82, 2.24) is 10.2 Å². The first-order valence-corrected chi connectivity index (χ1v) is 4.43. The van der Waals surface area contributed by atoms with E-state index in [0.717, 1.165) is 6.07 Å². The molecule has 0 atom stereocenters. The van der Waals surface area contributed by atoms with Gasteiger partial charge >= 0.3 is 0 Å². The van der Waals surface area contributed by atoms with Crippen LogP contribution in [0.15, 0.2) is 30.5 Å². The van der Waals surface area contributed by atoms with Gasteiger partial charge in [0, 0.05) is 6.20 Å². The van der Waals surface area contributed by atoms with Gasteiger partial charge in [-0.1, -0.05) is 6.07 Å². The molecular weight excluding hydrogens is 216 g/mol. The molecule has 2 aromatic rings. The van der Waals surface area contributed by atoms with E-state index < -0.39 is 17.5 Å². The van der Waals surface area contributed by atoms with Gasteiger partial charge in [0.05, 0.1) is 5.69 Å². The standard InChI is InChI=1S/C10H7F2N3O/c11-6-2-1-3-7(9(6)12)14-10(16)8-4-5-13-15-8/h1-5H,(H,13,15)(H,14,16). The Morgan fingerprint density at radius 1 is 1.31 bits per heavy atom. The first-order chi connectivity index (χ1) is 7.68. The third kappa shape index (κ3) is 1.90. The zero-order valence-corrected chi connectivity index (χ0v) is 8.00. The van der Waals surface area contributed by atoms with E-state index in [-0.39, 0.29) is 11.4 Å². The van der Waals surface area contributed by atoms with Crippen molar-refractivity contribution < 1.29 is 13.6 Å². The largest absolute Gasteiger partial charge is 0.318 e. The quantitative estimate of drug-likeness (QED) is 0.817. The number of hydrogen-bond acceptors (Lipinski definition) is 2. The highest BCUT2D eigenvalue weighted by molar-refractivity contribution is 6.02. The van der Waals surface area contributed by atoms with E-state index in [2.05, 4.69) is 15.5 Å². The zero-order valence-electron chi connectivity index (χ0n) is 8.00. The van der Waals surface area contributed by atoms with Crippen LogP contribution in [0.25, 0.3) is 0 Å². The second-order valence-corrected chi connectivity index (χ2v) is 3.03. The minimum Gasteiger partial charge on any atom is -0.318 e. The molecule has 0 saturated carbocycles. The van der Waals surface area contributed by atoms with Crippen LogP contribution >= 0.6 is 0 Å². The van der Waals surface area contributed by atoms with E-state index in [0.29, 0.717) is 0 Å². The van der Waals surface area contributed by atoms with Gasteiger partial charge in [-0.3, -0.25) is 9.89 Å². The number of benzene rings is 1. The number of rotatable bonds is 2. The molecule has 0 fully saturated rings. The summed E-state index contributed by atoms with van der Waals surface area (Å²) in [5.41, 5.74) is -0.0386. The molecule has 0 radical (unpaired) electrons. The number of aromatic amines is 1. The molecule has 1 amide bonds. The molecule has 16 heavy (non-hydrogen) atoms. The fourth-order valence-corrected chi connectivity index (χ4v) is 1.17. The lowest BCUT2D eigenvalue weighted by molar-refractivity contribution is 0.102. The average molecular weight is 223 g/mol. The number of amides is 1. The van der Waals surface area contributed by atoms with Gasteiger partial charge in [0.1, 0.15) is 5.69 Å². The molecule has 2 N–H and O–H groups in total. The van der Waals surface area contributed by atoms with Crippen molar-refractivity contribution in [2.24, 2.45) is 0 Å². The van der Waals surface area contributed by atoms with Crippen molar-refractivity contribution in [3.8, 4) is 0 Å². The normalized spacial score (nSPS) is 10.1. The number of H-pyrrole nitrogens is 1. The van der Waals surface area contributed by atoms with Gasteiger partial charge in [-0.05, 0) is 18.2 Å². The van der Waals surface area contributed by atoms with Gasteiger partial charge in [0.15, 0.2) is 11.6 Å². The van der Waals surface area contributed by atoms with Gasteiger partial charge in [-0.25, -0.2) is 8.78 Å². The fraction of sp³-hybridized carbons (Fsp3) is 0. The number of hydrogen-bond donors (Lipinski definition) is 2. The summed E-state index contributed by atoms with van der Waals surface area (Å²) in [4.78, 5) is 11.5. The monoisotopic (exact) mass is 223 g/mol. The molecule has 82 valence electrons. The van der Waals surface area contributed by atoms with Crippen molar-refractivity contribution in [2.75, 3.05) is 5.32 Å². The van der Waals surface area contributed by atoms with Crippen LogP contribution in [-0.2, 0) is 0 Å². The molecule has 0 aliphatic heterocycles. The van der Waals surface area contributed by atoms with Gasteiger partial charge in [-0.15, -0.1) is 0 Å². The van der Waals surface area contributed by atoms with E-state index in [1.54, 1.807) is 0 Å². The van der Waals surface area contributed by atoms with E-state index in [9.17, 15) is 13.6 Å². The van der Waals surface area contributed by atoms with Crippen LogP contribution in [0, 0.1) is 11.6 Å². The maximum Gasteiger partial charge on any atom is 0.273 e. The van der Waals surface area contributed by atoms with Crippen LogP contribution in [0.3, 0.4) is 0 Å². The first kappa shape index (κ1) is 10.3. The van der Waals surface area contributed by atoms with E-state index in [4.69, 9.17) is 0 Å². The Labute approximate surface area is 89.3 Å². The molecule has 0 saturated heterocycles. The van der Waals surface area contributed by atoms with Crippen LogP contribution in [0.1, 0.15) is 10.5 Å². The number of aromatic nitrogens is 2. The second-order valence-electron chi connectivity index (χ2n) is 3.03. The molecule has 6 heteroatoms. The zero-order chi connectivity index (χ0) is 11.5. The van der Waals surface area contributed by atoms with Crippen molar-refractivity contribution in [3.05, 3.63) is 47.8 Å². The topological polar surface area (TPSA) is 57.8 Å². The van der Waals surface area contributed by atoms with Crippen molar-refractivity contribution in [3.63, 3.8) is 0 Å². The van der Waals surface area contributed by atoms with Crippen molar-refractivity contribution in [2.45, 2.75) is 0 Å². The Bertz CT molecular complexity index is 511. The molecule has 2 rings (SSSR count). The Balaban J connectivity index is 2.22. The van der Waals surface area contributed by atoms with Gasteiger partial charge < -0.3 is 5.32 Å². The molecule has 0 unspecified atom stereocenters. The maximum absolute atomic E-state index is 13.2. The van der Waals surface area contributed by atoms with Crippen molar-refractivity contribution in [1.29, 1.82) is 0 Å². The highest BCUT2D eigenvalue weighted by Gasteiger charge is 2.12. The molecule has 0 bridgehead atoms. The number of nitrogens with zero attached hydrogens (tertiary/aromatic N) is 1. The lowest BCUT2D eigenvalue weighted by Gasteiger charge is -2.04. The molecule has 0 spiro atoms. The summed E-state index contributed by atoms with van der Waals surface area (Å²) in [6, 6.07) is 4.97. The number of carbonyl (C=O) groups excluding carboxylic acids is 1. The summed E-state index contributed by atoms with van der Waals surface area (Å²) in [5.74, 6) is -2.68. The highest BCUT2D eigenvalue weighted by atomic mass is 19.2. The molecule has 0 aliphatic rings. The average Bonchev–Trinajstić information content (AvgIpc) is 2.78. The summed E-state index contributed by atoms with van der Waals surface area (Å²) in [5, 5.41) is 8.21. The third-order valence-electron chi connectivity index (χ3n) is 1.95. The van der Waals surface area contributed by atoms with Crippen LogP contribution in [-0.4, -0.2) is 16.1 Å². The van der Waals surface area contributed by atoms with Crippen LogP contribution < -0.4 is 5.32 Å². The number of nitrogens with one attached hydrogen (secondary N) is 2. The highest BCUT2D eigenvalue weighted by Crippen LogP contribution is 2.16. The molecule has 1 heterocycles. The predicted molar refractivity (Wildman–Crippen MR) is 52.9 cm³/mol. The van der Waals surface area contributed by atoms with Crippen molar-refractivity contribution >= 4 is 11.6 Å². The van der Waals surface area contributed by atoms with E-state index in [1.807, 2.05) is 0 Å². The molecule has 4 nitrogen and oxygen atoms in total. The molecule has 0 aliphatic carbocycles. The second kappa shape index (κ2) is 4.09. The molecule has 1 aromatic carbocycles. The number of anilines is 1. The van der Waals surface area contributed by atoms with Gasteiger partial charge in [0.25, 0.3) is 5.91 Å². The third-order valence-corrected chi connectivity index (χ3v) is 1.95. The Morgan fingerprint density at radius 3 is 2.81 bits per heavy atom. The summed E-state index contributed by atoms with van der Waals surface area (Å²) >= 11 is 0. The Morgan fingerprint density at radius 2 is 2.12 bits per heavy atom. The maximum atomic E-state index is 13.2. The lowest BCUT2D eigenvalue weighted by atomic mass is 10.3. The van der Waals surface area contributed by atoms with Gasteiger partial charge in [0.2, 0.25) is 0 Å². The number of carbonyl (C=O) groups is 1. The smallest absolute Gasteiger partial charge is 0.273 e. The SMILES string of the molecule is O=C(Nc1cccc(F)c1F)c1ccn[nH]1. The lowest BCUT2D eigenvalue weighted by Crippen LogP contribution is -2.13. The predicted octanol–water partition coefficient (Wildman–Crippen LogP) is 1.94. The van der Waals surface area contributed by atoms with Crippen LogP contribution in [0.5, 0.6) is 0 Å². The Kier molecular flexibility index (Phi) is 2.63. The van der Waals surface area contributed by atoms with E-state index in [1.165, 1.54) is 24.4 Å². The minimum absolute atomic E-state index is 0.170. The molecule has 1 aromatic heterocycles. The van der Waals surface area contributed by atoms with E-state index >= 15 is 0 Å². The number of halogens is 2. The summed E-state index contributed by atoms with van der Waals surface area (Å²) in [7, 11) is 0. The fourth-order valence-electron chi connectivity index (χ4n) is 1.17. The first-order valence-electron chi connectivity index (χ1n) is 4.43. The molecular formula is C10H7F2N3O.